The Kier molecular flexibility index (Phi) is 4.81. The van der Waals surface area contributed by atoms with E-state index in [9.17, 15) is 4.79 Å². The van der Waals surface area contributed by atoms with Crippen molar-refractivity contribution in [1.29, 1.82) is 0 Å². The maximum Gasteiger partial charge on any atom is 0.279 e. The molecule has 2 heterocycles. The SMILES string of the molecule is COc1ccc2cnn(CN3CCCCCC3)c(=O)c2c1OC. The zero-order chi connectivity index (χ0) is 16.2. The molecule has 1 aromatic carbocycles. The first-order valence-corrected chi connectivity index (χ1v) is 8.07. The van der Waals surface area contributed by atoms with Crippen LogP contribution in [0.25, 0.3) is 10.8 Å². The summed E-state index contributed by atoms with van der Waals surface area (Å²) >= 11 is 0. The van der Waals surface area contributed by atoms with E-state index < -0.39 is 0 Å². The lowest BCUT2D eigenvalue weighted by Gasteiger charge is -2.20. The summed E-state index contributed by atoms with van der Waals surface area (Å²) in [5.74, 6) is 1.03. The number of fused-ring (bicyclic) bond motifs is 1. The van der Waals surface area contributed by atoms with E-state index in [1.807, 2.05) is 6.07 Å². The fraction of sp³-hybridized carbons (Fsp3) is 0.529. The lowest BCUT2D eigenvalue weighted by molar-refractivity contribution is 0.210. The molecular weight excluding hydrogens is 294 g/mol. The maximum atomic E-state index is 12.9. The Hall–Kier alpha value is -2.08. The molecule has 0 unspecified atom stereocenters. The first kappa shape index (κ1) is 15.8. The molecule has 0 radical (unpaired) electrons. The first-order chi connectivity index (χ1) is 11.2. The molecule has 0 bridgehead atoms. The highest BCUT2D eigenvalue weighted by atomic mass is 16.5. The summed E-state index contributed by atoms with van der Waals surface area (Å²) < 4.78 is 12.2. The van der Waals surface area contributed by atoms with Crippen molar-refractivity contribution in [2.24, 2.45) is 0 Å². The third-order valence-corrected chi connectivity index (χ3v) is 4.39. The molecule has 1 aromatic heterocycles. The summed E-state index contributed by atoms with van der Waals surface area (Å²) in [5, 5.41) is 5.62. The number of likely N-dealkylation sites (tertiary alicyclic amines) is 1. The van der Waals surface area contributed by atoms with Crippen LogP contribution in [0.1, 0.15) is 25.7 Å². The van der Waals surface area contributed by atoms with Gasteiger partial charge < -0.3 is 9.47 Å². The van der Waals surface area contributed by atoms with Crippen molar-refractivity contribution in [1.82, 2.24) is 14.7 Å². The van der Waals surface area contributed by atoms with Gasteiger partial charge in [0.1, 0.15) is 0 Å². The summed E-state index contributed by atoms with van der Waals surface area (Å²) in [6.07, 6.45) is 6.61. The number of benzene rings is 1. The number of hydrogen-bond donors (Lipinski definition) is 0. The van der Waals surface area contributed by atoms with Crippen molar-refractivity contribution in [2.45, 2.75) is 32.4 Å². The Bertz CT molecular complexity index is 734. The normalized spacial score (nSPS) is 16.3. The van der Waals surface area contributed by atoms with Gasteiger partial charge in [0.05, 0.1) is 32.5 Å². The van der Waals surface area contributed by atoms with Crippen LogP contribution in [0.3, 0.4) is 0 Å². The molecule has 0 atom stereocenters. The molecule has 0 spiro atoms. The molecule has 124 valence electrons. The highest BCUT2D eigenvalue weighted by Gasteiger charge is 2.16. The summed E-state index contributed by atoms with van der Waals surface area (Å²) in [7, 11) is 3.12. The zero-order valence-corrected chi connectivity index (χ0v) is 13.7. The Labute approximate surface area is 135 Å². The van der Waals surface area contributed by atoms with E-state index in [0.29, 0.717) is 23.6 Å². The summed E-state index contributed by atoms with van der Waals surface area (Å²) in [4.78, 5) is 15.2. The van der Waals surface area contributed by atoms with E-state index in [4.69, 9.17) is 9.47 Å². The van der Waals surface area contributed by atoms with Crippen molar-refractivity contribution < 1.29 is 9.47 Å². The van der Waals surface area contributed by atoms with E-state index in [1.165, 1.54) is 30.4 Å². The molecule has 0 aliphatic carbocycles. The number of methoxy groups -OCH3 is 2. The highest BCUT2D eigenvalue weighted by Crippen LogP contribution is 2.32. The third kappa shape index (κ3) is 3.17. The average molecular weight is 317 g/mol. The topological polar surface area (TPSA) is 56.6 Å². The van der Waals surface area contributed by atoms with Gasteiger partial charge >= 0.3 is 0 Å². The number of nitrogens with zero attached hydrogens (tertiary/aromatic N) is 3. The van der Waals surface area contributed by atoms with E-state index in [0.717, 1.165) is 18.5 Å². The molecule has 6 nitrogen and oxygen atoms in total. The van der Waals surface area contributed by atoms with Gasteiger partial charge in [-0.25, -0.2) is 4.68 Å². The van der Waals surface area contributed by atoms with Gasteiger partial charge in [0.25, 0.3) is 5.56 Å². The second kappa shape index (κ2) is 7.00. The van der Waals surface area contributed by atoms with Gasteiger partial charge in [-0.05, 0) is 38.1 Å². The molecular formula is C17H23N3O3. The van der Waals surface area contributed by atoms with E-state index in [1.54, 1.807) is 26.5 Å². The van der Waals surface area contributed by atoms with Crippen molar-refractivity contribution in [3.8, 4) is 11.5 Å². The van der Waals surface area contributed by atoms with Crippen LogP contribution in [0.2, 0.25) is 0 Å². The number of hydrogen-bond acceptors (Lipinski definition) is 5. The predicted octanol–water partition coefficient (Wildman–Crippen LogP) is 2.25. The molecule has 23 heavy (non-hydrogen) atoms. The molecule has 1 saturated heterocycles. The first-order valence-electron chi connectivity index (χ1n) is 8.07. The minimum atomic E-state index is -0.137. The number of ether oxygens (including phenoxy) is 2. The van der Waals surface area contributed by atoms with Crippen LogP contribution in [0.5, 0.6) is 11.5 Å². The van der Waals surface area contributed by atoms with Crippen LogP contribution in [-0.2, 0) is 6.67 Å². The summed E-state index contributed by atoms with van der Waals surface area (Å²) in [5.41, 5.74) is -0.137. The third-order valence-electron chi connectivity index (χ3n) is 4.39. The lowest BCUT2D eigenvalue weighted by atomic mass is 10.1. The Balaban J connectivity index is 2.01. The van der Waals surface area contributed by atoms with Gasteiger partial charge in [-0.3, -0.25) is 9.69 Å². The Morgan fingerprint density at radius 1 is 1.09 bits per heavy atom. The predicted molar refractivity (Wildman–Crippen MR) is 89.1 cm³/mol. The van der Waals surface area contributed by atoms with Gasteiger partial charge in [0.2, 0.25) is 0 Å². The largest absolute Gasteiger partial charge is 0.493 e. The minimum Gasteiger partial charge on any atom is -0.493 e. The van der Waals surface area contributed by atoms with Crippen LogP contribution in [0.4, 0.5) is 0 Å². The molecule has 1 aliphatic heterocycles. The summed E-state index contributed by atoms with van der Waals surface area (Å²) in [6.45, 7) is 2.55. The Morgan fingerprint density at radius 3 is 2.48 bits per heavy atom. The van der Waals surface area contributed by atoms with Crippen molar-refractivity contribution in [3.05, 3.63) is 28.7 Å². The highest BCUT2D eigenvalue weighted by molar-refractivity contribution is 5.89. The molecule has 6 heteroatoms. The van der Waals surface area contributed by atoms with Gasteiger partial charge in [0.15, 0.2) is 11.5 Å². The molecule has 2 aromatic rings. The second-order valence-corrected chi connectivity index (χ2v) is 5.89. The molecule has 0 saturated carbocycles. The molecule has 0 N–H and O–H groups in total. The van der Waals surface area contributed by atoms with Crippen LogP contribution < -0.4 is 15.0 Å². The Morgan fingerprint density at radius 2 is 1.83 bits per heavy atom. The smallest absolute Gasteiger partial charge is 0.279 e. The van der Waals surface area contributed by atoms with Crippen molar-refractivity contribution in [2.75, 3.05) is 27.3 Å². The van der Waals surface area contributed by atoms with Crippen LogP contribution in [0, 0.1) is 0 Å². The van der Waals surface area contributed by atoms with E-state index >= 15 is 0 Å². The van der Waals surface area contributed by atoms with Gasteiger partial charge in [-0.2, -0.15) is 5.10 Å². The zero-order valence-electron chi connectivity index (χ0n) is 13.7. The number of rotatable bonds is 4. The van der Waals surface area contributed by atoms with Crippen molar-refractivity contribution >= 4 is 10.8 Å². The quantitative estimate of drug-likeness (QED) is 0.865. The fourth-order valence-electron chi connectivity index (χ4n) is 3.15. The molecule has 3 rings (SSSR count). The molecule has 1 aliphatic rings. The minimum absolute atomic E-state index is 0.137. The second-order valence-electron chi connectivity index (χ2n) is 5.89. The number of aromatic nitrogens is 2. The monoisotopic (exact) mass is 317 g/mol. The molecule has 0 amide bonds. The van der Waals surface area contributed by atoms with Crippen LogP contribution in [-0.4, -0.2) is 42.0 Å². The van der Waals surface area contributed by atoms with Gasteiger partial charge in [-0.1, -0.05) is 12.8 Å². The van der Waals surface area contributed by atoms with Crippen LogP contribution in [0.15, 0.2) is 23.1 Å². The van der Waals surface area contributed by atoms with Gasteiger partial charge in [-0.15, -0.1) is 0 Å². The fourth-order valence-corrected chi connectivity index (χ4v) is 3.15. The molecule has 1 fully saturated rings. The van der Waals surface area contributed by atoms with Crippen molar-refractivity contribution in [3.63, 3.8) is 0 Å². The van der Waals surface area contributed by atoms with Crippen LogP contribution >= 0.6 is 0 Å². The van der Waals surface area contributed by atoms with E-state index in [-0.39, 0.29) is 5.56 Å². The maximum absolute atomic E-state index is 12.9. The van der Waals surface area contributed by atoms with Gasteiger partial charge in [0, 0.05) is 5.39 Å². The average Bonchev–Trinajstić information content (AvgIpc) is 2.85. The van der Waals surface area contributed by atoms with E-state index in [2.05, 4.69) is 10.00 Å². The lowest BCUT2D eigenvalue weighted by Crippen LogP contribution is -2.34. The summed E-state index contributed by atoms with van der Waals surface area (Å²) in [6, 6.07) is 3.63. The standard InChI is InChI=1S/C17H23N3O3/c1-22-14-8-7-13-11-18-20(17(21)15(13)16(14)23-2)12-19-9-5-3-4-6-10-19/h7-8,11H,3-6,9-10,12H2,1-2H3.